The van der Waals surface area contributed by atoms with Crippen LogP contribution in [0, 0.1) is 5.41 Å². The molecule has 1 aliphatic carbocycles. The summed E-state index contributed by atoms with van der Waals surface area (Å²) in [5, 5.41) is 8.89. The highest BCUT2D eigenvalue weighted by Gasteiger charge is 2.47. The van der Waals surface area contributed by atoms with Gasteiger partial charge in [-0.1, -0.05) is 12.2 Å². The SMILES string of the molecule is C=C1CC1(CO)COC(C)=O. The van der Waals surface area contributed by atoms with Crippen molar-refractivity contribution < 1.29 is 14.6 Å². The molecule has 0 spiro atoms. The molecule has 0 bridgehead atoms. The number of aliphatic hydroxyl groups is 1. The van der Waals surface area contributed by atoms with Crippen LogP contribution in [0.4, 0.5) is 0 Å². The largest absolute Gasteiger partial charge is 0.465 e. The van der Waals surface area contributed by atoms with E-state index in [2.05, 4.69) is 6.58 Å². The van der Waals surface area contributed by atoms with Gasteiger partial charge >= 0.3 is 5.97 Å². The van der Waals surface area contributed by atoms with E-state index in [4.69, 9.17) is 9.84 Å². The van der Waals surface area contributed by atoms with Gasteiger partial charge in [-0.15, -0.1) is 0 Å². The first kappa shape index (κ1) is 8.27. The number of carbonyl (C=O) groups excluding carboxylic acids is 1. The lowest BCUT2D eigenvalue weighted by atomic mass is 10.1. The van der Waals surface area contributed by atoms with Gasteiger partial charge < -0.3 is 9.84 Å². The zero-order chi connectivity index (χ0) is 8.48. The molecule has 1 atom stereocenters. The van der Waals surface area contributed by atoms with Gasteiger partial charge in [-0.2, -0.15) is 0 Å². The van der Waals surface area contributed by atoms with Crippen LogP contribution in [-0.4, -0.2) is 24.3 Å². The van der Waals surface area contributed by atoms with Crippen molar-refractivity contribution in [2.45, 2.75) is 13.3 Å². The summed E-state index contributed by atoms with van der Waals surface area (Å²) in [5.74, 6) is -0.308. The van der Waals surface area contributed by atoms with E-state index in [0.29, 0.717) is 0 Å². The fourth-order valence-corrected chi connectivity index (χ4v) is 0.970. The predicted molar refractivity (Wildman–Crippen MR) is 39.9 cm³/mol. The van der Waals surface area contributed by atoms with Crippen molar-refractivity contribution in [2.75, 3.05) is 13.2 Å². The molecule has 0 amide bonds. The van der Waals surface area contributed by atoms with Crippen molar-refractivity contribution >= 4 is 5.97 Å². The lowest BCUT2D eigenvalue weighted by Gasteiger charge is -2.09. The molecule has 3 heteroatoms. The Kier molecular flexibility index (Phi) is 2.00. The second-order valence-corrected chi connectivity index (χ2v) is 3.00. The Morgan fingerprint density at radius 2 is 2.45 bits per heavy atom. The Morgan fingerprint density at radius 3 is 2.73 bits per heavy atom. The minimum absolute atomic E-state index is 0.0269. The summed E-state index contributed by atoms with van der Waals surface area (Å²) in [6.07, 6.45) is 0.775. The summed E-state index contributed by atoms with van der Waals surface area (Å²) in [4.78, 5) is 10.4. The van der Waals surface area contributed by atoms with Gasteiger partial charge in [-0.25, -0.2) is 0 Å². The summed E-state index contributed by atoms with van der Waals surface area (Å²) in [5.41, 5.74) is 0.673. The van der Waals surface area contributed by atoms with Crippen LogP contribution in [0.5, 0.6) is 0 Å². The van der Waals surface area contributed by atoms with E-state index in [-0.39, 0.29) is 24.6 Å². The maximum atomic E-state index is 10.4. The second kappa shape index (κ2) is 2.66. The van der Waals surface area contributed by atoms with Crippen molar-refractivity contribution in [1.29, 1.82) is 0 Å². The molecule has 1 unspecified atom stereocenters. The summed E-state index contributed by atoms with van der Waals surface area (Å²) in [6, 6.07) is 0. The number of aliphatic hydroxyl groups excluding tert-OH is 1. The van der Waals surface area contributed by atoms with Crippen LogP contribution < -0.4 is 0 Å². The summed E-state index contributed by atoms with van der Waals surface area (Å²) in [6.45, 7) is 5.38. The van der Waals surface area contributed by atoms with Gasteiger partial charge in [-0.3, -0.25) is 4.79 Å². The zero-order valence-electron chi connectivity index (χ0n) is 6.59. The predicted octanol–water partition coefficient (Wildman–Crippen LogP) is 0.488. The maximum Gasteiger partial charge on any atom is 0.302 e. The molecule has 0 heterocycles. The van der Waals surface area contributed by atoms with E-state index < -0.39 is 0 Å². The Hall–Kier alpha value is -0.830. The standard InChI is InChI=1S/C8H12O3/c1-6-3-8(6,4-9)5-11-7(2)10/h9H,1,3-5H2,2H3. The molecule has 1 aliphatic rings. The average Bonchev–Trinajstić information content (AvgIpc) is 2.59. The fraction of sp³-hybridized carbons (Fsp3) is 0.625. The van der Waals surface area contributed by atoms with E-state index in [1.54, 1.807) is 0 Å². The van der Waals surface area contributed by atoms with E-state index in [0.717, 1.165) is 12.0 Å². The van der Waals surface area contributed by atoms with Crippen LogP contribution in [0.1, 0.15) is 13.3 Å². The highest BCUT2D eigenvalue weighted by molar-refractivity contribution is 5.66. The van der Waals surface area contributed by atoms with E-state index >= 15 is 0 Å². The molecule has 0 aromatic heterocycles. The second-order valence-electron chi connectivity index (χ2n) is 3.00. The minimum atomic E-state index is -0.308. The molecule has 0 aromatic rings. The number of ether oxygens (including phenoxy) is 1. The Labute approximate surface area is 65.7 Å². The van der Waals surface area contributed by atoms with Crippen molar-refractivity contribution in [2.24, 2.45) is 5.41 Å². The maximum absolute atomic E-state index is 10.4. The Bertz CT molecular complexity index is 198. The van der Waals surface area contributed by atoms with Gasteiger partial charge in [0.1, 0.15) is 6.61 Å². The lowest BCUT2D eigenvalue weighted by molar-refractivity contribution is -0.143. The quantitative estimate of drug-likeness (QED) is 0.477. The summed E-state index contributed by atoms with van der Waals surface area (Å²) < 4.78 is 4.77. The molecule has 1 saturated carbocycles. The van der Waals surface area contributed by atoms with Crippen molar-refractivity contribution in [1.82, 2.24) is 0 Å². The Balaban J connectivity index is 2.36. The molecule has 0 radical (unpaired) electrons. The molecule has 11 heavy (non-hydrogen) atoms. The number of hydrogen-bond acceptors (Lipinski definition) is 3. The third kappa shape index (κ3) is 1.60. The minimum Gasteiger partial charge on any atom is -0.465 e. The number of hydrogen-bond donors (Lipinski definition) is 1. The summed E-state index contributed by atoms with van der Waals surface area (Å²) in [7, 11) is 0. The van der Waals surface area contributed by atoms with Crippen LogP contribution in [0.2, 0.25) is 0 Å². The normalized spacial score (nSPS) is 28.4. The van der Waals surface area contributed by atoms with E-state index in [9.17, 15) is 4.79 Å². The molecular weight excluding hydrogens is 144 g/mol. The van der Waals surface area contributed by atoms with Crippen molar-refractivity contribution in [3.05, 3.63) is 12.2 Å². The Morgan fingerprint density at radius 1 is 1.91 bits per heavy atom. The molecule has 0 aliphatic heterocycles. The number of esters is 1. The van der Waals surface area contributed by atoms with Gasteiger partial charge in [-0.05, 0) is 6.42 Å². The molecule has 0 aromatic carbocycles. The number of carbonyl (C=O) groups is 1. The fourth-order valence-electron chi connectivity index (χ4n) is 0.970. The third-order valence-electron chi connectivity index (χ3n) is 2.03. The van der Waals surface area contributed by atoms with Crippen LogP contribution in [0.15, 0.2) is 12.2 Å². The highest BCUT2D eigenvalue weighted by Crippen LogP contribution is 2.50. The monoisotopic (exact) mass is 156 g/mol. The summed E-state index contributed by atoms with van der Waals surface area (Å²) >= 11 is 0. The molecule has 0 saturated heterocycles. The molecule has 62 valence electrons. The van der Waals surface area contributed by atoms with Gasteiger partial charge in [0, 0.05) is 6.92 Å². The van der Waals surface area contributed by atoms with Crippen LogP contribution in [0.25, 0.3) is 0 Å². The highest BCUT2D eigenvalue weighted by atomic mass is 16.5. The molecule has 1 rings (SSSR count). The smallest absolute Gasteiger partial charge is 0.302 e. The van der Waals surface area contributed by atoms with E-state index in [1.807, 2.05) is 0 Å². The third-order valence-corrected chi connectivity index (χ3v) is 2.03. The van der Waals surface area contributed by atoms with Gasteiger partial charge in [0.15, 0.2) is 0 Å². The molecule has 1 fully saturated rings. The van der Waals surface area contributed by atoms with E-state index in [1.165, 1.54) is 6.92 Å². The van der Waals surface area contributed by atoms with Gasteiger partial charge in [0.25, 0.3) is 0 Å². The first-order valence-electron chi connectivity index (χ1n) is 3.53. The zero-order valence-corrected chi connectivity index (χ0v) is 6.59. The van der Waals surface area contributed by atoms with Crippen LogP contribution in [-0.2, 0) is 9.53 Å². The first-order chi connectivity index (χ1) is 5.10. The topological polar surface area (TPSA) is 46.5 Å². The van der Waals surface area contributed by atoms with Crippen LogP contribution in [0.3, 0.4) is 0 Å². The first-order valence-corrected chi connectivity index (χ1v) is 3.53. The molecular formula is C8H12O3. The lowest BCUT2D eigenvalue weighted by Crippen LogP contribution is -2.17. The van der Waals surface area contributed by atoms with Gasteiger partial charge in [0.2, 0.25) is 0 Å². The number of rotatable bonds is 3. The molecule has 1 N–H and O–H groups in total. The van der Waals surface area contributed by atoms with Crippen LogP contribution >= 0.6 is 0 Å². The van der Waals surface area contributed by atoms with Crippen molar-refractivity contribution in [3.8, 4) is 0 Å². The van der Waals surface area contributed by atoms with Gasteiger partial charge in [0.05, 0.1) is 12.0 Å². The average molecular weight is 156 g/mol. The molecule has 3 nitrogen and oxygen atoms in total. The van der Waals surface area contributed by atoms with Crippen molar-refractivity contribution in [3.63, 3.8) is 0 Å².